The average Bonchev–Trinajstić information content (AvgIpc) is 3.30. The van der Waals surface area contributed by atoms with Gasteiger partial charge in [0, 0.05) is 10.9 Å². The number of carbonyl (C=O) groups excluding carboxylic acids is 1. The van der Waals surface area contributed by atoms with E-state index in [0.29, 0.717) is 17.5 Å². The average molecular weight is 507 g/mol. The van der Waals surface area contributed by atoms with E-state index in [4.69, 9.17) is 4.74 Å². The van der Waals surface area contributed by atoms with Gasteiger partial charge in [-0.05, 0) is 42.3 Å². The number of fused-ring (bicyclic) bond motifs is 1. The van der Waals surface area contributed by atoms with E-state index in [2.05, 4.69) is 4.99 Å². The number of amidine groups is 1. The van der Waals surface area contributed by atoms with E-state index in [0.717, 1.165) is 22.4 Å². The SMILES string of the molecule is Cc1ccc(CC(=O)N=C2S[C@@H]3CS(=O)(=O)C[C@H]3N2c2ccc(OCc3ccccc3)cc2)cc1. The zero-order chi connectivity index (χ0) is 24.4. The second-order valence-electron chi connectivity index (χ2n) is 8.89. The van der Waals surface area contributed by atoms with Gasteiger partial charge in [0.1, 0.15) is 12.4 Å². The maximum atomic E-state index is 12.8. The molecular formula is C27H26N2O4S2. The van der Waals surface area contributed by atoms with E-state index in [-0.39, 0.29) is 35.1 Å². The normalized spacial score (nSPS) is 21.7. The van der Waals surface area contributed by atoms with Crippen molar-refractivity contribution in [3.05, 3.63) is 95.6 Å². The summed E-state index contributed by atoms with van der Waals surface area (Å²) in [5.74, 6) is 0.630. The molecule has 2 aliphatic heterocycles. The molecular weight excluding hydrogens is 480 g/mol. The lowest BCUT2D eigenvalue weighted by Gasteiger charge is -2.24. The molecule has 0 bridgehead atoms. The minimum absolute atomic E-state index is 0.0576. The number of rotatable bonds is 6. The number of carbonyl (C=O) groups is 1. The number of nitrogens with zero attached hydrogens (tertiary/aromatic N) is 2. The Hall–Kier alpha value is -3.10. The zero-order valence-corrected chi connectivity index (χ0v) is 21.0. The second-order valence-corrected chi connectivity index (χ2v) is 12.2. The van der Waals surface area contributed by atoms with Crippen LogP contribution in [-0.4, -0.2) is 42.3 Å². The molecule has 0 saturated carbocycles. The highest BCUT2D eigenvalue weighted by atomic mass is 32.2. The number of aliphatic imine (C=N–C) groups is 1. The summed E-state index contributed by atoms with van der Waals surface area (Å²) in [6.45, 7) is 2.46. The van der Waals surface area contributed by atoms with E-state index in [9.17, 15) is 13.2 Å². The third kappa shape index (κ3) is 5.60. The van der Waals surface area contributed by atoms with Gasteiger partial charge in [-0.15, -0.1) is 0 Å². The third-order valence-corrected chi connectivity index (χ3v) is 9.34. The fourth-order valence-corrected chi connectivity index (χ4v) is 8.27. The minimum Gasteiger partial charge on any atom is -0.489 e. The van der Waals surface area contributed by atoms with Crippen LogP contribution < -0.4 is 9.64 Å². The van der Waals surface area contributed by atoms with Crippen molar-refractivity contribution in [2.24, 2.45) is 4.99 Å². The van der Waals surface area contributed by atoms with Crippen molar-refractivity contribution in [3.63, 3.8) is 0 Å². The Morgan fingerprint density at radius 1 is 0.971 bits per heavy atom. The van der Waals surface area contributed by atoms with E-state index in [1.165, 1.54) is 11.8 Å². The largest absolute Gasteiger partial charge is 0.489 e. The molecule has 0 unspecified atom stereocenters. The van der Waals surface area contributed by atoms with Crippen LogP contribution in [0.5, 0.6) is 5.75 Å². The molecule has 6 nitrogen and oxygen atoms in total. The predicted molar refractivity (Wildman–Crippen MR) is 141 cm³/mol. The van der Waals surface area contributed by atoms with Gasteiger partial charge in [0.25, 0.3) is 5.91 Å². The van der Waals surface area contributed by atoms with Crippen molar-refractivity contribution in [2.75, 3.05) is 16.4 Å². The molecule has 2 atom stereocenters. The van der Waals surface area contributed by atoms with Crippen LogP contribution in [0.3, 0.4) is 0 Å². The first-order valence-corrected chi connectivity index (χ1v) is 14.2. The van der Waals surface area contributed by atoms with E-state index < -0.39 is 9.84 Å². The second kappa shape index (κ2) is 9.87. The maximum Gasteiger partial charge on any atom is 0.252 e. The molecule has 5 rings (SSSR count). The summed E-state index contributed by atoms with van der Waals surface area (Å²) in [4.78, 5) is 19.1. The number of amides is 1. The van der Waals surface area contributed by atoms with E-state index >= 15 is 0 Å². The van der Waals surface area contributed by atoms with Gasteiger partial charge in [-0.25, -0.2) is 8.42 Å². The van der Waals surface area contributed by atoms with Crippen molar-refractivity contribution < 1.29 is 17.9 Å². The van der Waals surface area contributed by atoms with Gasteiger partial charge in [0.05, 0.1) is 24.0 Å². The number of sulfone groups is 1. The van der Waals surface area contributed by atoms with Crippen LogP contribution in [0.4, 0.5) is 5.69 Å². The standard InChI is InChI=1S/C27H26N2O4S2/c1-19-7-9-20(10-8-19)15-26(30)28-27-29(24-17-35(31,32)18-25(24)34-27)22-11-13-23(14-12-22)33-16-21-5-3-2-4-6-21/h2-14,24-25H,15-18H2,1H3/t24-,25-/m1/s1. The molecule has 2 fully saturated rings. The molecule has 2 heterocycles. The molecule has 8 heteroatoms. The van der Waals surface area contributed by atoms with Crippen LogP contribution in [0.15, 0.2) is 83.9 Å². The molecule has 0 aromatic heterocycles. The monoisotopic (exact) mass is 506 g/mol. The number of anilines is 1. The lowest BCUT2D eigenvalue weighted by Crippen LogP contribution is -2.37. The molecule has 3 aromatic rings. The molecule has 180 valence electrons. The maximum absolute atomic E-state index is 12.8. The zero-order valence-electron chi connectivity index (χ0n) is 19.3. The highest BCUT2D eigenvalue weighted by Crippen LogP contribution is 2.41. The third-order valence-electron chi connectivity index (χ3n) is 6.13. The molecule has 1 amide bonds. The van der Waals surface area contributed by atoms with E-state index in [1.807, 2.05) is 90.7 Å². The van der Waals surface area contributed by atoms with Crippen molar-refractivity contribution in [1.29, 1.82) is 0 Å². The lowest BCUT2D eigenvalue weighted by molar-refractivity contribution is -0.117. The summed E-state index contributed by atoms with van der Waals surface area (Å²) >= 11 is 1.38. The number of thioether (sulfide) groups is 1. The fraction of sp³-hybridized carbons (Fsp3) is 0.259. The Bertz CT molecular complexity index is 1340. The summed E-state index contributed by atoms with van der Waals surface area (Å²) in [7, 11) is -3.13. The number of aryl methyl sites for hydroxylation is 1. The first-order valence-electron chi connectivity index (χ1n) is 11.5. The molecule has 3 aromatic carbocycles. The summed E-state index contributed by atoms with van der Waals surface area (Å²) in [5, 5.41) is 0.421. The van der Waals surface area contributed by atoms with Gasteiger partial charge in [-0.2, -0.15) is 4.99 Å². The van der Waals surface area contributed by atoms with Gasteiger partial charge in [-0.1, -0.05) is 71.9 Å². The van der Waals surface area contributed by atoms with Crippen LogP contribution in [0, 0.1) is 6.92 Å². The minimum atomic E-state index is -3.13. The smallest absolute Gasteiger partial charge is 0.252 e. The Kier molecular flexibility index (Phi) is 6.67. The highest BCUT2D eigenvalue weighted by Gasteiger charge is 2.49. The predicted octanol–water partition coefficient (Wildman–Crippen LogP) is 4.42. The lowest BCUT2D eigenvalue weighted by atomic mass is 10.1. The molecule has 0 radical (unpaired) electrons. The summed E-state index contributed by atoms with van der Waals surface area (Å²) in [5.41, 5.74) is 3.92. The quantitative estimate of drug-likeness (QED) is 0.493. The number of hydrogen-bond donors (Lipinski definition) is 0. The van der Waals surface area contributed by atoms with Crippen LogP contribution >= 0.6 is 11.8 Å². The van der Waals surface area contributed by atoms with Crippen molar-refractivity contribution >= 4 is 38.4 Å². The van der Waals surface area contributed by atoms with Crippen molar-refractivity contribution in [3.8, 4) is 5.75 Å². The Labute approximate surface area is 209 Å². The number of benzene rings is 3. The van der Waals surface area contributed by atoms with Crippen molar-refractivity contribution in [2.45, 2.75) is 31.2 Å². The fourth-order valence-electron chi connectivity index (χ4n) is 4.34. The molecule has 0 spiro atoms. The highest BCUT2D eigenvalue weighted by molar-refractivity contribution is 8.16. The molecule has 0 N–H and O–H groups in total. The van der Waals surface area contributed by atoms with E-state index in [1.54, 1.807) is 0 Å². The van der Waals surface area contributed by atoms with Gasteiger partial charge < -0.3 is 9.64 Å². The van der Waals surface area contributed by atoms with Crippen LogP contribution in [0.2, 0.25) is 0 Å². The number of hydrogen-bond acceptors (Lipinski definition) is 5. The molecule has 0 aliphatic carbocycles. The number of ether oxygens (including phenoxy) is 1. The van der Waals surface area contributed by atoms with Gasteiger partial charge >= 0.3 is 0 Å². The van der Waals surface area contributed by atoms with Gasteiger partial charge in [0.15, 0.2) is 15.0 Å². The summed E-state index contributed by atoms with van der Waals surface area (Å²) in [6, 6.07) is 25.0. The topological polar surface area (TPSA) is 76.0 Å². The molecule has 2 saturated heterocycles. The molecule has 35 heavy (non-hydrogen) atoms. The first-order chi connectivity index (χ1) is 16.9. The Balaban J connectivity index is 1.35. The Morgan fingerprint density at radius 2 is 1.69 bits per heavy atom. The van der Waals surface area contributed by atoms with Crippen LogP contribution in [0.25, 0.3) is 0 Å². The van der Waals surface area contributed by atoms with Gasteiger partial charge in [-0.3, -0.25) is 4.79 Å². The first kappa shape index (κ1) is 23.6. The molecule has 2 aliphatic rings. The van der Waals surface area contributed by atoms with Crippen LogP contribution in [0.1, 0.15) is 16.7 Å². The summed E-state index contributed by atoms with van der Waals surface area (Å²) < 4.78 is 30.5. The van der Waals surface area contributed by atoms with Gasteiger partial charge in [0.2, 0.25) is 0 Å². The van der Waals surface area contributed by atoms with Crippen molar-refractivity contribution in [1.82, 2.24) is 0 Å². The Morgan fingerprint density at radius 3 is 2.40 bits per heavy atom. The van der Waals surface area contributed by atoms with Crippen LogP contribution in [-0.2, 0) is 27.7 Å². The summed E-state index contributed by atoms with van der Waals surface area (Å²) in [6.07, 6.45) is 0.206.